The molecular weight excluding hydrogens is 643 g/mol. The van der Waals surface area contributed by atoms with Crippen LogP contribution in [-0.4, -0.2) is 13.7 Å². The lowest BCUT2D eigenvalue weighted by Crippen LogP contribution is -2.33. The summed E-state index contributed by atoms with van der Waals surface area (Å²) in [5.41, 5.74) is 14.1. The molecule has 256 valence electrons. The Labute approximate surface area is 309 Å². The Morgan fingerprint density at radius 1 is 0.340 bits per heavy atom. The molecule has 10 aromatic rings. The molecule has 0 radical (unpaired) electrons. The van der Waals surface area contributed by atoms with E-state index in [1.54, 1.807) is 0 Å². The summed E-state index contributed by atoms with van der Waals surface area (Å²) < 4.78 is 7.53. The Morgan fingerprint density at radius 3 is 1.42 bits per heavy atom. The van der Waals surface area contributed by atoms with Gasteiger partial charge in [-0.1, -0.05) is 119 Å². The van der Waals surface area contributed by atoms with E-state index in [0.29, 0.717) is 0 Å². The van der Waals surface area contributed by atoms with Crippen LogP contribution in [0.5, 0.6) is 0 Å². The van der Waals surface area contributed by atoms with Gasteiger partial charge in [-0.3, -0.25) is 0 Å². The van der Waals surface area contributed by atoms with Crippen LogP contribution in [0.15, 0.2) is 152 Å². The molecule has 7 aromatic carbocycles. The van der Waals surface area contributed by atoms with Gasteiger partial charge in [-0.05, 0) is 95.5 Å². The molecule has 53 heavy (non-hydrogen) atoms. The topological polar surface area (TPSA) is 14.8 Å². The maximum absolute atomic E-state index is 2.59. The van der Waals surface area contributed by atoms with Gasteiger partial charge in [0.2, 0.25) is 0 Å². The highest BCUT2D eigenvalue weighted by Gasteiger charge is 2.38. The molecule has 0 aliphatic heterocycles. The van der Waals surface area contributed by atoms with Crippen LogP contribution in [0.4, 0.5) is 0 Å². The lowest BCUT2D eigenvalue weighted by molar-refractivity contribution is 0.332. The van der Waals surface area contributed by atoms with E-state index < -0.39 is 0 Å². The van der Waals surface area contributed by atoms with Crippen LogP contribution < -0.4 is 0 Å². The molecule has 0 N–H and O–H groups in total. The molecule has 3 aromatic heterocycles. The molecule has 11 rings (SSSR count). The number of rotatable bonds is 3. The van der Waals surface area contributed by atoms with E-state index in [1.807, 2.05) is 0 Å². The van der Waals surface area contributed by atoms with Gasteiger partial charge < -0.3 is 13.7 Å². The van der Waals surface area contributed by atoms with E-state index >= 15 is 0 Å². The summed E-state index contributed by atoms with van der Waals surface area (Å²) in [6.07, 6.45) is 2.36. The molecule has 0 saturated heterocycles. The van der Waals surface area contributed by atoms with Gasteiger partial charge in [0, 0.05) is 49.4 Å². The molecule has 0 unspecified atom stereocenters. The van der Waals surface area contributed by atoms with Crippen LogP contribution in [0.2, 0.25) is 0 Å². The minimum absolute atomic E-state index is 0.0816. The van der Waals surface area contributed by atoms with Crippen LogP contribution in [0.3, 0.4) is 0 Å². The summed E-state index contributed by atoms with van der Waals surface area (Å²) in [5, 5.41) is 7.68. The monoisotopic (exact) mass is 683 g/mol. The summed E-state index contributed by atoms with van der Waals surface area (Å²) in [6.45, 7) is 9.76. The number of hydrogen-bond acceptors (Lipinski definition) is 0. The fourth-order valence-corrected chi connectivity index (χ4v) is 9.67. The van der Waals surface area contributed by atoms with E-state index in [4.69, 9.17) is 0 Å². The van der Waals surface area contributed by atoms with Gasteiger partial charge in [-0.2, -0.15) is 0 Å². The van der Waals surface area contributed by atoms with Crippen LogP contribution in [-0.2, 0) is 10.8 Å². The normalized spacial score (nSPS) is 15.3. The summed E-state index contributed by atoms with van der Waals surface area (Å²) in [4.78, 5) is 0. The molecule has 0 fully saturated rings. The number of benzene rings is 7. The standard InChI is InChI=1S/C50H41N3/c1-49(2)27-28-50(3,4)42-31-46-40(30-41(42)49)39-26-25-38-36-20-12-14-22-44(36)52(33-17-9-6-10-18-33)47(38)48(39)53(46)34-23-24-37-35-19-11-13-21-43(35)51(45(37)29-34)32-15-7-5-8-16-32/h5-26,29-31H,27-28H2,1-4H3. The van der Waals surface area contributed by atoms with Crippen molar-refractivity contribution in [2.45, 2.75) is 51.4 Å². The molecule has 3 heteroatoms. The van der Waals surface area contributed by atoms with Crippen molar-refractivity contribution in [1.82, 2.24) is 13.7 Å². The first kappa shape index (κ1) is 30.6. The number of para-hydroxylation sites is 4. The van der Waals surface area contributed by atoms with E-state index in [0.717, 1.165) is 0 Å². The third-order valence-corrected chi connectivity index (χ3v) is 12.5. The van der Waals surface area contributed by atoms with Gasteiger partial charge in [0.1, 0.15) is 0 Å². The first-order valence-corrected chi connectivity index (χ1v) is 19.0. The average Bonchev–Trinajstić information content (AvgIpc) is 3.82. The van der Waals surface area contributed by atoms with Crippen molar-refractivity contribution in [2.24, 2.45) is 0 Å². The van der Waals surface area contributed by atoms with Gasteiger partial charge in [0.05, 0.1) is 33.1 Å². The Morgan fingerprint density at radius 2 is 0.774 bits per heavy atom. The van der Waals surface area contributed by atoms with Crippen molar-refractivity contribution in [1.29, 1.82) is 0 Å². The van der Waals surface area contributed by atoms with Gasteiger partial charge in [-0.15, -0.1) is 0 Å². The summed E-state index contributed by atoms with van der Waals surface area (Å²) in [6, 6.07) is 56.4. The zero-order valence-corrected chi connectivity index (χ0v) is 30.7. The SMILES string of the molecule is CC1(C)CCC(C)(C)c2cc3c(cc21)c1ccc2c4ccccc4n(-c4ccccc4)c2c1n3-c1ccc2c3ccccc3n(-c3ccccc3)c2c1. The van der Waals surface area contributed by atoms with E-state index in [9.17, 15) is 0 Å². The van der Waals surface area contributed by atoms with Crippen LogP contribution in [0.1, 0.15) is 51.7 Å². The predicted octanol–water partition coefficient (Wildman–Crippen LogP) is 13.3. The maximum Gasteiger partial charge on any atom is 0.0788 e. The molecular formula is C50H41N3. The van der Waals surface area contributed by atoms with Crippen molar-refractivity contribution in [2.75, 3.05) is 0 Å². The van der Waals surface area contributed by atoms with Crippen molar-refractivity contribution in [3.63, 3.8) is 0 Å². The van der Waals surface area contributed by atoms with Crippen molar-refractivity contribution in [3.8, 4) is 17.1 Å². The average molecular weight is 684 g/mol. The van der Waals surface area contributed by atoms with Gasteiger partial charge >= 0.3 is 0 Å². The fraction of sp³-hybridized carbons (Fsp3) is 0.160. The predicted molar refractivity (Wildman–Crippen MR) is 225 cm³/mol. The molecule has 0 bridgehead atoms. The zero-order chi connectivity index (χ0) is 35.6. The van der Waals surface area contributed by atoms with Crippen molar-refractivity contribution >= 4 is 65.4 Å². The van der Waals surface area contributed by atoms with Gasteiger partial charge in [0.15, 0.2) is 0 Å². The van der Waals surface area contributed by atoms with Crippen molar-refractivity contribution in [3.05, 3.63) is 163 Å². The smallest absolute Gasteiger partial charge is 0.0788 e. The second kappa shape index (κ2) is 10.7. The Kier molecular flexibility index (Phi) is 6.19. The molecule has 3 nitrogen and oxygen atoms in total. The molecule has 3 heterocycles. The van der Waals surface area contributed by atoms with E-state index in [2.05, 4.69) is 193 Å². The Hall–Kier alpha value is -6.06. The third kappa shape index (κ3) is 4.22. The Balaban J connectivity index is 1.35. The van der Waals surface area contributed by atoms with Gasteiger partial charge in [0.25, 0.3) is 0 Å². The quantitative estimate of drug-likeness (QED) is 0.176. The highest BCUT2D eigenvalue weighted by Crippen LogP contribution is 2.50. The summed E-state index contributed by atoms with van der Waals surface area (Å²) in [7, 11) is 0. The zero-order valence-electron chi connectivity index (χ0n) is 30.7. The summed E-state index contributed by atoms with van der Waals surface area (Å²) in [5.74, 6) is 0. The lowest BCUT2D eigenvalue weighted by atomic mass is 9.63. The van der Waals surface area contributed by atoms with Gasteiger partial charge in [-0.25, -0.2) is 0 Å². The first-order valence-electron chi connectivity index (χ1n) is 19.0. The van der Waals surface area contributed by atoms with Crippen LogP contribution >= 0.6 is 0 Å². The second-order valence-electron chi connectivity index (χ2n) is 16.5. The van der Waals surface area contributed by atoms with E-state index in [-0.39, 0.29) is 10.8 Å². The highest BCUT2D eigenvalue weighted by molar-refractivity contribution is 6.24. The molecule has 0 atom stereocenters. The Bertz CT molecular complexity index is 3100. The molecule has 1 aliphatic rings. The third-order valence-electron chi connectivity index (χ3n) is 12.5. The minimum Gasteiger partial charge on any atom is -0.309 e. The molecule has 0 amide bonds. The first-order chi connectivity index (χ1) is 25.8. The lowest BCUT2D eigenvalue weighted by Gasteiger charge is -2.42. The largest absolute Gasteiger partial charge is 0.309 e. The number of aromatic nitrogens is 3. The summed E-state index contributed by atoms with van der Waals surface area (Å²) >= 11 is 0. The molecule has 0 spiro atoms. The number of fused-ring (bicyclic) bond motifs is 11. The minimum atomic E-state index is 0.0816. The number of nitrogens with zero attached hydrogens (tertiary/aromatic N) is 3. The van der Waals surface area contributed by atoms with E-state index in [1.165, 1.54) is 106 Å². The van der Waals surface area contributed by atoms with Crippen LogP contribution in [0.25, 0.3) is 82.5 Å². The highest BCUT2D eigenvalue weighted by atomic mass is 15.1. The number of hydrogen-bond donors (Lipinski definition) is 0. The second-order valence-corrected chi connectivity index (χ2v) is 16.5. The molecule has 1 aliphatic carbocycles. The van der Waals surface area contributed by atoms with Crippen LogP contribution in [0, 0.1) is 0 Å². The fourth-order valence-electron chi connectivity index (χ4n) is 9.67. The van der Waals surface area contributed by atoms with Crippen molar-refractivity contribution < 1.29 is 0 Å². The molecule has 0 saturated carbocycles. The maximum atomic E-state index is 2.59.